The second-order valence-corrected chi connectivity index (χ2v) is 6.07. The Kier molecular flexibility index (Phi) is 4.52. The van der Waals surface area contributed by atoms with Crippen molar-refractivity contribution in [3.63, 3.8) is 0 Å². The molecule has 2 atom stereocenters. The number of hydrogen-bond acceptors (Lipinski definition) is 3. The Morgan fingerprint density at radius 3 is 2.55 bits per heavy atom. The van der Waals surface area contributed by atoms with Crippen molar-refractivity contribution in [3.8, 4) is 0 Å². The van der Waals surface area contributed by atoms with Gasteiger partial charge in [-0.25, -0.2) is 4.79 Å². The molecule has 6 heteroatoms. The fourth-order valence-corrected chi connectivity index (χ4v) is 3.04. The largest absolute Gasteiger partial charge is 0.480 e. The molecule has 1 heterocycles. The standard InChI is InChI=1S/C14H24N2O4/c1-10-14(2,7-8-20-10)15-13(19)16(9-12(17)18)11-5-3-4-6-11/h10-11H,3-9H2,1-2H3,(H,15,19)(H,17,18). The van der Waals surface area contributed by atoms with Crippen LogP contribution in [0.4, 0.5) is 4.79 Å². The van der Waals surface area contributed by atoms with Crippen molar-refractivity contribution in [2.45, 2.75) is 63.6 Å². The average Bonchev–Trinajstić information content (AvgIpc) is 2.98. The molecule has 2 aliphatic rings. The van der Waals surface area contributed by atoms with E-state index in [4.69, 9.17) is 9.84 Å². The molecule has 20 heavy (non-hydrogen) atoms. The van der Waals surface area contributed by atoms with E-state index in [1.165, 1.54) is 4.90 Å². The van der Waals surface area contributed by atoms with E-state index in [-0.39, 0.29) is 24.7 Å². The van der Waals surface area contributed by atoms with Crippen molar-refractivity contribution in [3.05, 3.63) is 0 Å². The summed E-state index contributed by atoms with van der Waals surface area (Å²) < 4.78 is 5.51. The average molecular weight is 284 g/mol. The number of nitrogens with zero attached hydrogens (tertiary/aromatic N) is 1. The first-order chi connectivity index (χ1) is 9.42. The van der Waals surface area contributed by atoms with Crippen molar-refractivity contribution in [2.75, 3.05) is 13.2 Å². The maximum absolute atomic E-state index is 12.5. The quantitative estimate of drug-likeness (QED) is 0.821. The number of carbonyl (C=O) groups excluding carboxylic acids is 1. The van der Waals surface area contributed by atoms with Gasteiger partial charge in [-0.3, -0.25) is 4.79 Å². The van der Waals surface area contributed by atoms with Gasteiger partial charge in [0.25, 0.3) is 0 Å². The first kappa shape index (κ1) is 15.1. The van der Waals surface area contributed by atoms with E-state index in [1.54, 1.807) is 0 Å². The van der Waals surface area contributed by atoms with Crippen LogP contribution in [0, 0.1) is 0 Å². The number of hydrogen-bond donors (Lipinski definition) is 2. The molecule has 6 nitrogen and oxygen atoms in total. The number of carbonyl (C=O) groups is 2. The van der Waals surface area contributed by atoms with Crippen LogP contribution >= 0.6 is 0 Å². The molecule has 2 rings (SSSR count). The molecule has 0 spiro atoms. The summed E-state index contributed by atoms with van der Waals surface area (Å²) in [6.07, 6.45) is 4.61. The Morgan fingerprint density at radius 1 is 1.40 bits per heavy atom. The van der Waals surface area contributed by atoms with Crippen LogP contribution in [0.15, 0.2) is 0 Å². The fraction of sp³-hybridized carbons (Fsp3) is 0.857. The highest BCUT2D eigenvalue weighted by Crippen LogP contribution is 2.27. The molecule has 2 unspecified atom stereocenters. The molecule has 0 aromatic carbocycles. The van der Waals surface area contributed by atoms with Gasteiger partial charge in [0.1, 0.15) is 6.54 Å². The van der Waals surface area contributed by atoms with E-state index in [0.717, 1.165) is 32.1 Å². The Bertz CT molecular complexity index is 381. The third-order valence-corrected chi connectivity index (χ3v) is 4.61. The number of amides is 2. The van der Waals surface area contributed by atoms with Crippen molar-refractivity contribution in [1.82, 2.24) is 10.2 Å². The van der Waals surface area contributed by atoms with Gasteiger partial charge in [-0.05, 0) is 33.1 Å². The Hall–Kier alpha value is -1.30. The van der Waals surface area contributed by atoms with Crippen LogP contribution < -0.4 is 5.32 Å². The van der Waals surface area contributed by atoms with Crippen molar-refractivity contribution >= 4 is 12.0 Å². The highest BCUT2D eigenvalue weighted by molar-refractivity contribution is 5.81. The monoisotopic (exact) mass is 284 g/mol. The number of aliphatic carboxylic acids is 1. The van der Waals surface area contributed by atoms with E-state index in [2.05, 4.69) is 5.32 Å². The third kappa shape index (κ3) is 3.23. The molecule has 0 radical (unpaired) electrons. The predicted molar refractivity (Wildman–Crippen MR) is 73.6 cm³/mol. The van der Waals surface area contributed by atoms with Gasteiger partial charge in [-0.1, -0.05) is 12.8 Å². The van der Waals surface area contributed by atoms with Gasteiger partial charge in [-0.2, -0.15) is 0 Å². The zero-order valence-corrected chi connectivity index (χ0v) is 12.2. The predicted octanol–water partition coefficient (Wildman–Crippen LogP) is 1.59. The highest BCUT2D eigenvalue weighted by atomic mass is 16.5. The summed E-state index contributed by atoms with van der Waals surface area (Å²) in [4.78, 5) is 25.0. The molecule has 2 N–H and O–H groups in total. The van der Waals surface area contributed by atoms with Crippen molar-refractivity contribution in [1.29, 1.82) is 0 Å². The van der Waals surface area contributed by atoms with Crippen LogP contribution in [0.1, 0.15) is 46.0 Å². The molecule has 0 bridgehead atoms. The molecule has 1 aliphatic heterocycles. The molecule has 1 saturated carbocycles. The van der Waals surface area contributed by atoms with Gasteiger partial charge in [-0.15, -0.1) is 0 Å². The summed E-state index contributed by atoms with van der Waals surface area (Å²) >= 11 is 0. The number of carboxylic acids is 1. The SMILES string of the molecule is CC1OCCC1(C)NC(=O)N(CC(=O)O)C1CCCC1. The summed E-state index contributed by atoms with van der Waals surface area (Å²) in [6, 6.07) is -0.230. The second kappa shape index (κ2) is 5.99. The highest BCUT2D eigenvalue weighted by Gasteiger charge is 2.40. The van der Waals surface area contributed by atoms with Crippen molar-refractivity contribution in [2.24, 2.45) is 0 Å². The first-order valence-corrected chi connectivity index (χ1v) is 7.34. The van der Waals surface area contributed by atoms with Crippen LogP contribution in [0.25, 0.3) is 0 Å². The van der Waals surface area contributed by atoms with Gasteiger partial charge >= 0.3 is 12.0 Å². The van der Waals surface area contributed by atoms with E-state index >= 15 is 0 Å². The van der Waals surface area contributed by atoms with Crippen LogP contribution in [0.3, 0.4) is 0 Å². The number of nitrogens with one attached hydrogen (secondary N) is 1. The Morgan fingerprint density at radius 2 is 2.05 bits per heavy atom. The van der Waals surface area contributed by atoms with E-state index in [9.17, 15) is 9.59 Å². The topological polar surface area (TPSA) is 78.9 Å². The van der Waals surface area contributed by atoms with Gasteiger partial charge < -0.3 is 20.1 Å². The molecule has 1 aliphatic carbocycles. The number of carboxylic acid groups (broad SMARTS) is 1. The number of rotatable bonds is 4. The van der Waals surface area contributed by atoms with Crippen LogP contribution in [-0.2, 0) is 9.53 Å². The van der Waals surface area contributed by atoms with Crippen LogP contribution in [-0.4, -0.2) is 52.8 Å². The lowest BCUT2D eigenvalue weighted by Gasteiger charge is -2.34. The van der Waals surface area contributed by atoms with Gasteiger partial charge in [0.05, 0.1) is 11.6 Å². The first-order valence-electron chi connectivity index (χ1n) is 7.34. The maximum atomic E-state index is 12.5. The molecular formula is C14H24N2O4. The minimum Gasteiger partial charge on any atom is -0.480 e. The number of urea groups is 1. The normalized spacial score (nSPS) is 30.4. The Balaban J connectivity index is 2.04. The summed E-state index contributed by atoms with van der Waals surface area (Å²) in [5, 5.41) is 12.0. The summed E-state index contributed by atoms with van der Waals surface area (Å²) in [5.41, 5.74) is -0.410. The van der Waals surface area contributed by atoms with Gasteiger partial charge in [0.2, 0.25) is 0 Å². The lowest BCUT2D eigenvalue weighted by Crippen LogP contribution is -2.57. The van der Waals surface area contributed by atoms with Gasteiger partial charge in [0, 0.05) is 12.6 Å². The molecule has 0 aromatic heterocycles. The van der Waals surface area contributed by atoms with Gasteiger partial charge in [0.15, 0.2) is 0 Å². The van der Waals surface area contributed by atoms with Crippen LogP contribution in [0.2, 0.25) is 0 Å². The minimum absolute atomic E-state index is 0.0485. The summed E-state index contributed by atoms with van der Waals surface area (Å²) in [5.74, 6) is -0.965. The smallest absolute Gasteiger partial charge is 0.323 e. The van der Waals surface area contributed by atoms with E-state index in [0.29, 0.717) is 6.61 Å². The minimum atomic E-state index is -0.965. The van der Waals surface area contributed by atoms with Crippen LogP contribution in [0.5, 0.6) is 0 Å². The molecule has 1 saturated heterocycles. The van der Waals surface area contributed by atoms with E-state index in [1.807, 2.05) is 13.8 Å². The lowest BCUT2D eigenvalue weighted by molar-refractivity contribution is -0.138. The lowest BCUT2D eigenvalue weighted by atomic mass is 9.95. The third-order valence-electron chi connectivity index (χ3n) is 4.61. The molecular weight excluding hydrogens is 260 g/mol. The van der Waals surface area contributed by atoms with E-state index < -0.39 is 11.5 Å². The fourth-order valence-electron chi connectivity index (χ4n) is 3.04. The molecule has 2 fully saturated rings. The summed E-state index contributed by atoms with van der Waals surface area (Å²) in [7, 11) is 0. The second-order valence-electron chi connectivity index (χ2n) is 6.07. The molecule has 0 aromatic rings. The van der Waals surface area contributed by atoms with Crippen molar-refractivity contribution < 1.29 is 19.4 Å². The molecule has 2 amide bonds. The Labute approximate surface area is 119 Å². The summed E-state index contributed by atoms with van der Waals surface area (Å²) in [6.45, 7) is 4.28. The molecule has 114 valence electrons. The zero-order chi connectivity index (χ0) is 14.8. The number of ether oxygens (including phenoxy) is 1. The maximum Gasteiger partial charge on any atom is 0.323 e. The zero-order valence-electron chi connectivity index (χ0n) is 12.2.